The quantitative estimate of drug-likeness (QED) is 0.425. The third-order valence-corrected chi connectivity index (χ3v) is 8.49. The van der Waals surface area contributed by atoms with Crippen LogP contribution in [0.15, 0.2) is 52.3 Å². The Morgan fingerprint density at radius 1 is 1.11 bits per heavy atom. The number of ether oxygens (including phenoxy) is 3. The summed E-state index contributed by atoms with van der Waals surface area (Å²) in [5.74, 6) is -1.93. The molecule has 13 nitrogen and oxygen atoms in total. The van der Waals surface area contributed by atoms with Gasteiger partial charge in [0.05, 0.1) is 31.9 Å². The van der Waals surface area contributed by atoms with Gasteiger partial charge in [-0.1, -0.05) is 18.2 Å². The summed E-state index contributed by atoms with van der Waals surface area (Å²) in [6.45, 7) is 2.40. The molecule has 1 saturated heterocycles. The highest BCUT2D eigenvalue weighted by Crippen LogP contribution is 2.41. The highest BCUT2D eigenvalue weighted by molar-refractivity contribution is 7.93. The fraction of sp³-hybridized carbons (Fsp3) is 0.333. The van der Waals surface area contributed by atoms with Crippen LogP contribution in [0, 0.1) is 0 Å². The van der Waals surface area contributed by atoms with Crippen LogP contribution in [0.2, 0.25) is 0 Å². The van der Waals surface area contributed by atoms with Crippen molar-refractivity contribution in [2.24, 2.45) is 0 Å². The highest BCUT2D eigenvalue weighted by Gasteiger charge is 2.46. The van der Waals surface area contributed by atoms with Crippen molar-refractivity contribution in [3.8, 4) is 11.5 Å². The Morgan fingerprint density at radius 2 is 1.81 bits per heavy atom. The lowest BCUT2D eigenvalue weighted by Gasteiger charge is -2.26. The summed E-state index contributed by atoms with van der Waals surface area (Å²) in [6, 6.07) is 9.30. The van der Waals surface area contributed by atoms with Gasteiger partial charge in [-0.15, -0.1) is 9.25 Å². The number of carbonyl (C=O) groups excluding carboxylic acids is 2. The molecule has 0 atom stereocenters. The van der Waals surface area contributed by atoms with E-state index in [0.717, 1.165) is 6.07 Å². The number of hydrazine groups is 1. The SMILES string of the molecule is COc1c(OCC(=O)NCN2CCOCC2)ccc2c1C(=O)N(NS(=O)(=O)c1ccccc1)S2(=O)=O. The van der Waals surface area contributed by atoms with Gasteiger partial charge < -0.3 is 19.5 Å². The number of carbonyl (C=O) groups is 2. The smallest absolute Gasteiger partial charge is 0.288 e. The van der Waals surface area contributed by atoms with Crippen molar-refractivity contribution in [1.29, 1.82) is 0 Å². The Balaban J connectivity index is 1.51. The van der Waals surface area contributed by atoms with E-state index in [1.807, 2.05) is 9.73 Å². The minimum absolute atomic E-state index is 0.0430. The number of hydrogen-bond donors (Lipinski definition) is 2. The molecule has 2 N–H and O–H groups in total. The lowest BCUT2D eigenvalue weighted by molar-refractivity contribution is -0.124. The second-order valence-corrected chi connectivity index (χ2v) is 11.1. The Hall–Kier alpha value is -3.24. The third-order valence-electron chi connectivity index (χ3n) is 5.42. The zero-order chi connectivity index (χ0) is 25.9. The van der Waals surface area contributed by atoms with Crippen molar-refractivity contribution in [2.45, 2.75) is 9.79 Å². The molecule has 194 valence electrons. The van der Waals surface area contributed by atoms with E-state index in [9.17, 15) is 26.4 Å². The Kier molecular flexibility index (Phi) is 7.46. The number of morpholine rings is 1. The number of fused-ring (bicyclic) bond motifs is 1. The molecule has 2 aromatic rings. The second kappa shape index (κ2) is 10.4. The standard InChI is InChI=1S/C21H24N4O9S2/c1-32-20-16(34-13-18(26)22-14-24-9-11-33-12-10-24)7-8-17-19(20)21(27)25(36(17,30)31)23-35(28,29)15-5-3-2-4-6-15/h2-8,23H,9-14H2,1H3,(H,22,26). The van der Waals surface area contributed by atoms with E-state index in [-0.39, 0.29) is 20.8 Å². The van der Waals surface area contributed by atoms with E-state index in [1.165, 1.54) is 37.4 Å². The predicted molar refractivity (Wildman–Crippen MR) is 124 cm³/mol. The lowest BCUT2D eigenvalue weighted by atomic mass is 10.1. The zero-order valence-corrected chi connectivity index (χ0v) is 20.8. The molecule has 15 heteroatoms. The van der Waals surface area contributed by atoms with Gasteiger partial charge in [0.1, 0.15) is 10.5 Å². The van der Waals surface area contributed by atoms with E-state index >= 15 is 0 Å². The maximum absolute atomic E-state index is 13.1. The van der Waals surface area contributed by atoms with E-state index in [2.05, 4.69) is 5.32 Å². The van der Waals surface area contributed by atoms with Gasteiger partial charge in [0.25, 0.3) is 31.9 Å². The molecule has 2 heterocycles. The Bertz CT molecular complexity index is 1360. The average molecular weight is 541 g/mol. The van der Waals surface area contributed by atoms with Gasteiger partial charge in [-0.05, 0) is 24.3 Å². The number of nitrogens with zero attached hydrogens (tertiary/aromatic N) is 2. The normalized spacial score (nSPS) is 17.5. The predicted octanol–water partition coefficient (Wildman–Crippen LogP) is -0.482. The van der Waals surface area contributed by atoms with Gasteiger partial charge in [-0.3, -0.25) is 14.5 Å². The molecule has 2 amide bonds. The van der Waals surface area contributed by atoms with Crippen LogP contribution < -0.4 is 19.6 Å². The van der Waals surface area contributed by atoms with Crippen LogP contribution in [-0.4, -0.2) is 84.7 Å². The van der Waals surface area contributed by atoms with Crippen LogP contribution in [-0.2, 0) is 29.6 Å². The van der Waals surface area contributed by atoms with Gasteiger partial charge in [0, 0.05) is 13.1 Å². The molecule has 4 rings (SSSR count). The number of sulfonamides is 2. The van der Waals surface area contributed by atoms with Crippen LogP contribution >= 0.6 is 0 Å². The number of methoxy groups -OCH3 is 1. The molecule has 0 saturated carbocycles. The summed E-state index contributed by atoms with van der Waals surface area (Å²) in [4.78, 5) is 28.4. The summed E-state index contributed by atoms with van der Waals surface area (Å²) in [7, 11) is -7.78. The van der Waals surface area contributed by atoms with Gasteiger partial charge in [-0.2, -0.15) is 8.42 Å². The molecule has 2 aromatic carbocycles. The number of nitrogens with one attached hydrogen (secondary N) is 2. The van der Waals surface area contributed by atoms with Crippen LogP contribution in [0.25, 0.3) is 0 Å². The van der Waals surface area contributed by atoms with Crippen molar-refractivity contribution in [1.82, 2.24) is 19.5 Å². The number of benzene rings is 2. The first kappa shape index (κ1) is 25.8. The second-order valence-electron chi connectivity index (χ2n) is 7.73. The molecule has 2 aliphatic heterocycles. The average Bonchev–Trinajstić information content (AvgIpc) is 3.07. The molecule has 0 unspecified atom stereocenters. The number of rotatable bonds is 9. The lowest BCUT2D eigenvalue weighted by Crippen LogP contribution is -2.45. The summed E-state index contributed by atoms with van der Waals surface area (Å²) in [5.41, 5.74) is -0.417. The van der Waals surface area contributed by atoms with Gasteiger partial charge in [0.15, 0.2) is 18.1 Å². The number of hydrogen-bond acceptors (Lipinski definition) is 10. The fourth-order valence-corrected chi connectivity index (χ4v) is 6.39. The molecule has 2 aliphatic rings. The highest BCUT2D eigenvalue weighted by atomic mass is 32.2. The minimum Gasteiger partial charge on any atom is -0.492 e. The Labute approximate surface area is 208 Å². The molecule has 0 spiro atoms. The third kappa shape index (κ3) is 5.15. The van der Waals surface area contributed by atoms with Gasteiger partial charge in [-0.25, -0.2) is 8.42 Å². The molecular weight excluding hydrogens is 516 g/mol. The number of amides is 2. The summed E-state index contributed by atoms with van der Waals surface area (Å²) in [6.07, 6.45) is 0. The van der Waals surface area contributed by atoms with Crippen molar-refractivity contribution < 1.29 is 40.6 Å². The molecule has 1 fully saturated rings. The summed E-state index contributed by atoms with van der Waals surface area (Å²) < 4.78 is 67.3. The topological polar surface area (TPSA) is 161 Å². The molecule has 0 aliphatic carbocycles. The fourth-order valence-electron chi connectivity index (χ4n) is 3.59. The van der Waals surface area contributed by atoms with Crippen LogP contribution in [0.1, 0.15) is 10.4 Å². The molecule has 0 aromatic heterocycles. The van der Waals surface area contributed by atoms with E-state index in [4.69, 9.17) is 14.2 Å². The van der Waals surface area contributed by atoms with Gasteiger partial charge in [0.2, 0.25) is 0 Å². The van der Waals surface area contributed by atoms with Crippen LogP contribution in [0.5, 0.6) is 11.5 Å². The maximum Gasteiger partial charge on any atom is 0.288 e. The van der Waals surface area contributed by atoms with Crippen molar-refractivity contribution in [3.63, 3.8) is 0 Å². The van der Waals surface area contributed by atoms with E-state index < -0.39 is 48.9 Å². The molecular formula is C21H24N4O9S2. The van der Waals surface area contributed by atoms with Crippen LogP contribution in [0.3, 0.4) is 0 Å². The van der Waals surface area contributed by atoms with Crippen molar-refractivity contribution >= 4 is 31.9 Å². The van der Waals surface area contributed by atoms with E-state index in [0.29, 0.717) is 33.0 Å². The Morgan fingerprint density at radius 3 is 2.47 bits per heavy atom. The summed E-state index contributed by atoms with van der Waals surface area (Å²) >= 11 is 0. The van der Waals surface area contributed by atoms with Crippen molar-refractivity contribution in [2.75, 3.05) is 46.7 Å². The van der Waals surface area contributed by atoms with Crippen LogP contribution in [0.4, 0.5) is 0 Å². The zero-order valence-electron chi connectivity index (χ0n) is 19.2. The van der Waals surface area contributed by atoms with Gasteiger partial charge >= 0.3 is 0 Å². The molecule has 0 radical (unpaired) electrons. The maximum atomic E-state index is 13.1. The largest absolute Gasteiger partial charge is 0.492 e. The minimum atomic E-state index is -4.58. The first-order valence-corrected chi connectivity index (χ1v) is 13.6. The molecule has 0 bridgehead atoms. The van der Waals surface area contributed by atoms with E-state index in [1.54, 1.807) is 6.07 Å². The monoisotopic (exact) mass is 540 g/mol. The summed E-state index contributed by atoms with van der Waals surface area (Å²) in [5, 5.41) is 2.70. The first-order chi connectivity index (χ1) is 17.1. The molecule has 36 heavy (non-hydrogen) atoms. The first-order valence-electron chi connectivity index (χ1n) is 10.7. The van der Waals surface area contributed by atoms with Crippen molar-refractivity contribution in [3.05, 3.63) is 48.0 Å².